The first kappa shape index (κ1) is 18.7. The van der Waals surface area contributed by atoms with Gasteiger partial charge in [0.2, 0.25) is 0 Å². The summed E-state index contributed by atoms with van der Waals surface area (Å²) in [6.07, 6.45) is 0.930. The van der Waals surface area contributed by atoms with Crippen molar-refractivity contribution >= 4 is 41.5 Å². The predicted molar refractivity (Wildman–Crippen MR) is 92.2 cm³/mol. The first-order valence-electron chi connectivity index (χ1n) is 6.51. The van der Waals surface area contributed by atoms with E-state index in [-0.39, 0.29) is 0 Å². The van der Waals surface area contributed by atoms with E-state index in [1.165, 1.54) is 0 Å². The van der Waals surface area contributed by atoms with Crippen LogP contribution < -0.4 is 5.32 Å². The lowest BCUT2D eigenvalue weighted by atomic mass is 10.1. The Kier molecular flexibility index (Phi) is 9.42. The molecule has 1 aromatic rings. The first-order chi connectivity index (χ1) is 8.95. The van der Waals surface area contributed by atoms with Crippen LogP contribution in [0.2, 0.25) is 10.0 Å². The standard InChI is InChI=1S/C13H17Cl2NS.C2H6/c1-8(2)6-12(17)13(16-3)9-4-5-10(14)11(15)7-9;1-2/h4-5,7-8,16-17H,6H2,1-3H3;1-2H3/b13-12-;. The monoisotopic (exact) mass is 319 g/mol. The van der Waals surface area contributed by atoms with E-state index < -0.39 is 0 Å². The van der Waals surface area contributed by atoms with Gasteiger partial charge < -0.3 is 5.32 Å². The van der Waals surface area contributed by atoms with E-state index in [0.717, 1.165) is 22.6 Å². The SMILES string of the molecule is CC.CN/C(=C(\S)CC(C)C)c1ccc(Cl)c(Cl)c1. The van der Waals surface area contributed by atoms with Crippen molar-refractivity contribution in [3.05, 3.63) is 38.7 Å². The van der Waals surface area contributed by atoms with E-state index in [1.54, 1.807) is 6.07 Å². The highest BCUT2D eigenvalue weighted by molar-refractivity contribution is 7.84. The fourth-order valence-corrected chi connectivity index (χ4v) is 2.50. The Morgan fingerprint density at radius 1 is 1.21 bits per heavy atom. The zero-order chi connectivity index (χ0) is 15.0. The van der Waals surface area contributed by atoms with Gasteiger partial charge in [0.15, 0.2) is 0 Å². The lowest BCUT2D eigenvalue weighted by molar-refractivity contribution is 0.658. The van der Waals surface area contributed by atoms with Crippen molar-refractivity contribution < 1.29 is 0 Å². The summed E-state index contributed by atoms with van der Waals surface area (Å²) < 4.78 is 0. The molecule has 108 valence electrons. The Labute approximate surface area is 132 Å². The summed E-state index contributed by atoms with van der Waals surface area (Å²) >= 11 is 16.5. The Morgan fingerprint density at radius 3 is 2.21 bits per heavy atom. The number of halogens is 2. The fourth-order valence-electron chi connectivity index (χ4n) is 1.60. The molecule has 0 unspecified atom stereocenters. The molecule has 0 radical (unpaired) electrons. The van der Waals surface area contributed by atoms with Gasteiger partial charge >= 0.3 is 0 Å². The molecule has 0 aliphatic rings. The normalized spacial score (nSPS) is 11.6. The molecule has 0 heterocycles. The number of benzene rings is 1. The van der Waals surface area contributed by atoms with Gasteiger partial charge in [0.05, 0.1) is 15.7 Å². The number of thiol groups is 1. The van der Waals surface area contributed by atoms with Crippen LogP contribution in [0.15, 0.2) is 23.1 Å². The van der Waals surface area contributed by atoms with Crippen LogP contribution in [0.5, 0.6) is 0 Å². The molecule has 0 aliphatic carbocycles. The third kappa shape index (κ3) is 6.11. The molecule has 1 N–H and O–H groups in total. The highest BCUT2D eigenvalue weighted by Gasteiger charge is 2.08. The molecule has 4 heteroatoms. The van der Waals surface area contributed by atoms with Crippen LogP contribution in [0.3, 0.4) is 0 Å². The average Bonchev–Trinajstić information content (AvgIpc) is 2.36. The summed E-state index contributed by atoms with van der Waals surface area (Å²) in [5.41, 5.74) is 2.01. The smallest absolute Gasteiger partial charge is 0.0599 e. The van der Waals surface area contributed by atoms with Crippen molar-refractivity contribution in [1.82, 2.24) is 5.32 Å². The number of hydrogen-bond donors (Lipinski definition) is 2. The molecule has 0 aromatic heterocycles. The summed E-state index contributed by atoms with van der Waals surface area (Å²) in [6.45, 7) is 8.33. The minimum absolute atomic E-state index is 0.558. The second-order valence-corrected chi connectivity index (χ2v) is 5.65. The van der Waals surface area contributed by atoms with Crippen molar-refractivity contribution in [1.29, 1.82) is 0 Å². The minimum atomic E-state index is 0.558. The third-order valence-corrected chi connectivity index (χ3v) is 3.49. The van der Waals surface area contributed by atoms with Crippen molar-refractivity contribution in [2.75, 3.05) is 7.05 Å². The van der Waals surface area contributed by atoms with Gasteiger partial charge in [0, 0.05) is 12.0 Å². The number of nitrogens with one attached hydrogen (secondary N) is 1. The minimum Gasteiger partial charge on any atom is -0.387 e. The molecular weight excluding hydrogens is 297 g/mol. The molecule has 0 spiro atoms. The summed E-state index contributed by atoms with van der Waals surface area (Å²) in [7, 11) is 1.88. The number of allylic oxidation sites excluding steroid dienone is 1. The quantitative estimate of drug-likeness (QED) is 0.660. The van der Waals surface area contributed by atoms with E-state index >= 15 is 0 Å². The number of rotatable bonds is 4. The molecule has 0 bridgehead atoms. The van der Waals surface area contributed by atoms with Crippen LogP contribution in [0.1, 0.15) is 39.7 Å². The molecule has 1 nitrogen and oxygen atoms in total. The average molecular weight is 320 g/mol. The van der Waals surface area contributed by atoms with E-state index in [9.17, 15) is 0 Å². The van der Waals surface area contributed by atoms with Gasteiger partial charge in [-0.15, -0.1) is 12.6 Å². The largest absolute Gasteiger partial charge is 0.387 e. The van der Waals surface area contributed by atoms with Crippen molar-refractivity contribution in [3.8, 4) is 0 Å². The Hall–Kier alpha value is -0.310. The van der Waals surface area contributed by atoms with Gasteiger partial charge in [0.25, 0.3) is 0 Å². The third-order valence-electron chi connectivity index (χ3n) is 2.35. The highest BCUT2D eigenvalue weighted by atomic mass is 35.5. The highest BCUT2D eigenvalue weighted by Crippen LogP contribution is 2.29. The Bertz CT molecular complexity index is 428. The number of hydrogen-bond acceptors (Lipinski definition) is 2. The molecule has 0 atom stereocenters. The van der Waals surface area contributed by atoms with E-state index in [1.807, 2.05) is 33.0 Å². The molecular formula is C15H23Cl2NS. The fraction of sp³-hybridized carbons (Fsp3) is 0.467. The zero-order valence-electron chi connectivity index (χ0n) is 12.2. The topological polar surface area (TPSA) is 12.0 Å². The summed E-state index contributed by atoms with van der Waals surface area (Å²) in [6, 6.07) is 5.59. The van der Waals surface area contributed by atoms with Crippen molar-refractivity contribution in [2.45, 2.75) is 34.1 Å². The van der Waals surface area contributed by atoms with E-state index in [2.05, 4.69) is 31.8 Å². The first-order valence-corrected chi connectivity index (χ1v) is 7.71. The zero-order valence-corrected chi connectivity index (χ0v) is 14.6. The summed E-state index contributed by atoms with van der Waals surface area (Å²) in [5, 5.41) is 4.29. The van der Waals surface area contributed by atoms with Gasteiger partial charge in [-0.25, -0.2) is 0 Å². The Morgan fingerprint density at radius 2 is 1.79 bits per heavy atom. The van der Waals surface area contributed by atoms with Gasteiger partial charge in [-0.3, -0.25) is 0 Å². The van der Waals surface area contributed by atoms with Gasteiger partial charge in [-0.2, -0.15) is 0 Å². The summed E-state index contributed by atoms with van der Waals surface area (Å²) in [4.78, 5) is 1.03. The second-order valence-electron chi connectivity index (χ2n) is 4.30. The maximum atomic E-state index is 6.02. The van der Waals surface area contributed by atoms with Crippen LogP contribution >= 0.6 is 35.8 Å². The van der Waals surface area contributed by atoms with E-state index in [4.69, 9.17) is 23.2 Å². The van der Waals surface area contributed by atoms with Gasteiger partial charge in [0.1, 0.15) is 0 Å². The van der Waals surface area contributed by atoms with Gasteiger partial charge in [-0.1, -0.05) is 57.0 Å². The predicted octanol–water partition coefficient (Wildman–Crippen LogP) is 5.88. The van der Waals surface area contributed by atoms with Crippen molar-refractivity contribution in [2.24, 2.45) is 5.92 Å². The molecule has 1 rings (SSSR count). The van der Waals surface area contributed by atoms with Crippen LogP contribution in [0.25, 0.3) is 5.70 Å². The molecule has 0 fully saturated rings. The second kappa shape index (κ2) is 9.57. The van der Waals surface area contributed by atoms with Crippen LogP contribution in [-0.4, -0.2) is 7.05 Å². The molecule has 1 aromatic carbocycles. The van der Waals surface area contributed by atoms with Crippen LogP contribution in [0, 0.1) is 5.92 Å². The van der Waals surface area contributed by atoms with Crippen LogP contribution in [0.4, 0.5) is 0 Å². The van der Waals surface area contributed by atoms with E-state index in [0.29, 0.717) is 16.0 Å². The van der Waals surface area contributed by atoms with Gasteiger partial charge in [-0.05, 0) is 30.0 Å². The molecule has 0 amide bonds. The van der Waals surface area contributed by atoms with Crippen molar-refractivity contribution in [3.63, 3.8) is 0 Å². The lowest BCUT2D eigenvalue weighted by Gasteiger charge is -2.14. The molecule has 0 saturated heterocycles. The lowest BCUT2D eigenvalue weighted by Crippen LogP contribution is -2.07. The maximum absolute atomic E-state index is 6.02. The maximum Gasteiger partial charge on any atom is 0.0599 e. The molecule has 0 aliphatic heterocycles. The summed E-state index contributed by atoms with van der Waals surface area (Å²) in [5.74, 6) is 0.564. The molecule has 0 saturated carbocycles. The Balaban J connectivity index is 0.00000154. The van der Waals surface area contributed by atoms with Crippen LogP contribution in [-0.2, 0) is 0 Å². The molecule has 19 heavy (non-hydrogen) atoms.